The maximum absolute atomic E-state index is 11.8. The summed E-state index contributed by atoms with van der Waals surface area (Å²) in [4.78, 5) is 22.2. The van der Waals surface area contributed by atoms with Crippen molar-refractivity contribution in [2.24, 2.45) is 0 Å². The Hall–Kier alpha value is -2.56. The van der Waals surface area contributed by atoms with Crippen molar-refractivity contribution in [2.45, 2.75) is 6.92 Å². The highest BCUT2D eigenvalue weighted by atomic mass is 16.5. The second kappa shape index (κ2) is 5.39. The standard InChI is InChI=1S/C14H13NO4/c1-2-19-11-3-4-12-10(9-11)7-8-15(12)13(16)5-6-14(17)18/h3-9H,2H2,1H3,(H,17,18)/b6-5+. The Kier molecular flexibility index (Phi) is 3.66. The number of ether oxygens (including phenoxy) is 1. The number of aromatic nitrogens is 1. The number of carboxylic acids is 1. The highest BCUT2D eigenvalue weighted by molar-refractivity contribution is 6.01. The zero-order chi connectivity index (χ0) is 13.8. The Bertz CT molecular complexity index is 655. The lowest BCUT2D eigenvalue weighted by molar-refractivity contribution is -0.131. The van der Waals surface area contributed by atoms with Gasteiger partial charge in [0.15, 0.2) is 0 Å². The molecule has 1 aromatic heterocycles. The SMILES string of the molecule is CCOc1ccc2c(ccn2C(=O)/C=C/C(=O)O)c1. The lowest BCUT2D eigenvalue weighted by Gasteiger charge is -2.04. The minimum atomic E-state index is -1.15. The highest BCUT2D eigenvalue weighted by Gasteiger charge is 2.07. The third-order valence-corrected chi connectivity index (χ3v) is 2.58. The average molecular weight is 259 g/mol. The molecule has 0 aliphatic rings. The number of nitrogens with zero attached hydrogens (tertiary/aromatic N) is 1. The van der Waals surface area contributed by atoms with E-state index in [1.54, 1.807) is 24.4 Å². The predicted molar refractivity (Wildman–Crippen MR) is 70.5 cm³/mol. The van der Waals surface area contributed by atoms with E-state index in [9.17, 15) is 9.59 Å². The number of hydrogen-bond donors (Lipinski definition) is 1. The minimum absolute atomic E-state index is 0.401. The third-order valence-electron chi connectivity index (χ3n) is 2.58. The summed E-state index contributed by atoms with van der Waals surface area (Å²) in [7, 11) is 0. The van der Waals surface area contributed by atoms with Gasteiger partial charge in [0, 0.05) is 23.7 Å². The van der Waals surface area contributed by atoms with Crippen LogP contribution in [0.3, 0.4) is 0 Å². The molecule has 0 atom stereocenters. The Labute approximate surface area is 109 Å². The van der Waals surface area contributed by atoms with Crippen molar-refractivity contribution >= 4 is 22.8 Å². The molecular weight excluding hydrogens is 246 g/mol. The van der Waals surface area contributed by atoms with Crippen molar-refractivity contribution in [2.75, 3.05) is 6.61 Å². The van der Waals surface area contributed by atoms with Gasteiger partial charge in [-0.1, -0.05) is 0 Å². The number of rotatable bonds is 4. The molecule has 19 heavy (non-hydrogen) atoms. The van der Waals surface area contributed by atoms with Crippen LogP contribution in [0.1, 0.15) is 11.7 Å². The van der Waals surface area contributed by atoms with Crippen LogP contribution in [0.15, 0.2) is 42.6 Å². The van der Waals surface area contributed by atoms with Crippen molar-refractivity contribution in [1.29, 1.82) is 0 Å². The van der Waals surface area contributed by atoms with E-state index in [1.807, 2.05) is 13.0 Å². The van der Waals surface area contributed by atoms with Crippen LogP contribution in [0, 0.1) is 0 Å². The van der Waals surface area contributed by atoms with Crippen LogP contribution in [0.4, 0.5) is 0 Å². The zero-order valence-electron chi connectivity index (χ0n) is 10.4. The molecule has 1 aromatic carbocycles. The number of fused-ring (bicyclic) bond motifs is 1. The molecule has 0 bridgehead atoms. The van der Waals surface area contributed by atoms with Crippen LogP contribution in [0.5, 0.6) is 5.75 Å². The Balaban J connectivity index is 2.35. The van der Waals surface area contributed by atoms with E-state index in [0.717, 1.165) is 23.3 Å². The van der Waals surface area contributed by atoms with Crippen LogP contribution >= 0.6 is 0 Å². The summed E-state index contributed by atoms with van der Waals surface area (Å²) in [5, 5.41) is 9.37. The van der Waals surface area contributed by atoms with E-state index in [1.165, 1.54) is 4.57 Å². The molecule has 1 N–H and O–H groups in total. The van der Waals surface area contributed by atoms with E-state index >= 15 is 0 Å². The fraction of sp³-hybridized carbons (Fsp3) is 0.143. The van der Waals surface area contributed by atoms with Gasteiger partial charge in [-0.25, -0.2) is 4.79 Å². The van der Waals surface area contributed by atoms with Gasteiger partial charge in [-0.15, -0.1) is 0 Å². The minimum Gasteiger partial charge on any atom is -0.494 e. The van der Waals surface area contributed by atoms with E-state index in [4.69, 9.17) is 9.84 Å². The number of allylic oxidation sites excluding steroid dienone is 1. The van der Waals surface area contributed by atoms with E-state index < -0.39 is 11.9 Å². The average Bonchev–Trinajstić information content (AvgIpc) is 2.79. The van der Waals surface area contributed by atoms with Crippen LogP contribution in [-0.2, 0) is 4.79 Å². The largest absolute Gasteiger partial charge is 0.494 e. The summed E-state index contributed by atoms with van der Waals surface area (Å²) in [6.45, 7) is 2.47. The molecule has 98 valence electrons. The van der Waals surface area contributed by atoms with Crippen LogP contribution in [0.25, 0.3) is 10.9 Å². The number of carbonyl (C=O) groups excluding carboxylic acids is 1. The van der Waals surface area contributed by atoms with Gasteiger partial charge >= 0.3 is 5.97 Å². The normalized spacial score (nSPS) is 11.0. The Morgan fingerprint density at radius 1 is 1.32 bits per heavy atom. The molecule has 2 rings (SSSR count). The first-order valence-corrected chi connectivity index (χ1v) is 5.81. The molecule has 0 aliphatic heterocycles. The molecule has 0 amide bonds. The van der Waals surface area contributed by atoms with E-state index in [0.29, 0.717) is 12.1 Å². The summed E-state index contributed by atoms with van der Waals surface area (Å²) < 4.78 is 6.77. The molecule has 0 saturated carbocycles. The monoisotopic (exact) mass is 259 g/mol. The first-order chi connectivity index (χ1) is 9.11. The summed E-state index contributed by atoms with van der Waals surface area (Å²) in [6.07, 6.45) is 3.45. The second-order valence-corrected chi connectivity index (χ2v) is 3.85. The number of hydrogen-bond acceptors (Lipinski definition) is 3. The number of carboxylic acid groups (broad SMARTS) is 1. The van der Waals surface area contributed by atoms with Crippen molar-refractivity contribution in [1.82, 2.24) is 4.57 Å². The molecule has 0 spiro atoms. The van der Waals surface area contributed by atoms with E-state index in [-0.39, 0.29) is 0 Å². The van der Waals surface area contributed by atoms with Gasteiger partial charge in [-0.05, 0) is 31.2 Å². The molecular formula is C14H13NO4. The maximum Gasteiger partial charge on any atom is 0.328 e. The van der Waals surface area contributed by atoms with Crippen molar-refractivity contribution < 1.29 is 19.4 Å². The molecule has 0 fully saturated rings. The summed E-state index contributed by atoms with van der Waals surface area (Å²) in [6, 6.07) is 7.16. The van der Waals surface area contributed by atoms with Gasteiger partial charge < -0.3 is 9.84 Å². The van der Waals surface area contributed by atoms with E-state index in [2.05, 4.69) is 0 Å². The molecule has 0 unspecified atom stereocenters. The number of aliphatic carboxylic acids is 1. The predicted octanol–water partition coefficient (Wildman–Crippen LogP) is 2.32. The zero-order valence-corrected chi connectivity index (χ0v) is 10.4. The molecule has 0 saturated heterocycles. The quantitative estimate of drug-likeness (QED) is 0.855. The van der Waals surface area contributed by atoms with Crippen LogP contribution in [0.2, 0.25) is 0 Å². The summed E-state index contributed by atoms with van der Waals surface area (Å²) >= 11 is 0. The first-order valence-electron chi connectivity index (χ1n) is 5.81. The summed E-state index contributed by atoms with van der Waals surface area (Å²) in [5.74, 6) is -0.814. The fourth-order valence-electron chi connectivity index (χ4n) is 1.79. The number of benzene rings is 1. The smallest absolute Gasteiger partial charge is 0.328 e. The Morgan fingerprint density at radius 2 is 2.11 bits per heavy atom. The molecule has 5 heteroatoms. The topological polar surface area (TPSA) is 68.5 Å². The molecule has 0 radical (unpaired) electrons. The van der Waals surface area contributed by atoms with Crippen LogP contribution in [-0.4, -0.2) is 28.2 Å². The number of carbonyl (C=O) groups is 2. The lowest BCUT2D eigenvalue weighted by Crippen LogP contribution is -2.06. The van der Waals surface area contributed by atoms with Gasteiger partial charge in [-0.2, -0.15) is 0 Å². The Morgan fingerprint density at radius 3 is 2.79 bits per heavy atom. The first kappa shape index (κ1) is 12.9. The second-order valence-electron chi connectivity index (χ2n) is 3.85. The van der Waals surface area contributed by atoms with Gasteiger partial charge in [-0.3, -0.25) is 9.36 Å². The molecule has 5 nitrogen and oxygen atoms in total. The lowest BCUT2D eigenvalue weighted by atomic mass is 10.2. The molecule has 1 heterocycles. The van der Waals surface area contributed by atoms with Gasteiger partial charge in [0.05, 0.1) is 12.1 Å². The van der Waals surface area contributed by atoms with Gasteiger partial charge in [0.25, 0.3) is 5.91 Å². The summed E-state index contributed by atoms with van der Waals surface area (Å²) in [5.41, 5.74) is 0.712. The fourth-order valence-corrected chi connectivity index (χ4v) is 1.79. The highest BCUT2D eigenvalue weighted by Crippen LogP contribution is 2.22. The molecule has 2 aromatic rings. The van der Waals surface area contributed by atoms with Crippen molar-refractivity contribution in [3.8, 4) is 5.75 Å². The van der Waals surface area contributed by atoms with Gasteiger partial charge in [0.1, 0.15) is 5.75 Å². The van der Waals surface area contributed by atoms with Crippen LogP contribution < -0.4 is 4.74 Å². The van der Waals surface area contributed by atoms with Gasteiger partial charge in [0.2, 0.25) is 0 Å². The third kappa shape index (κ3) is 2.82. The molecule has 0 aliphatic carbocycles. The van der Waals surface area contributed by atoms with Crippen molar-refractivity contribution in [3.63, 3.8) is 0 Å². The van der Waals surface area contributed by atoms with Crippen molar-refractivity contribution in [3.05, 3.63) is 42.6 Å². The maximum atomic E-state index is 11.8.